The molecule has 1 saturated heterocycles. The first-order valence-electron chi connectivity index (χ1n) is 9.36. The van der Waals surface area contributed by atoms with E-state index in [4.69, 9.17) is 14.2 Å². The monoisotopic (exact) mass is 310 g/mol. The van der Waals surface area contributed by atoms with E-state index >= 15 is 0 Å². The minimum Gasteiger partial charge on any atom is -0.502 e. The van der Waals surface area contributed by atoms with Crippen LogP contribution in [0.25, 0.3) is 0 Å². The number of hydrogen-bond donors (Lipinski definition) is 0. The van der Waals surface area contributed by atoms with Gasteiger partial charge >= 0.3 is 0 Å². The maximum atomic E-state index is 6.21. The lowest BCUT2D eigenvalue weighted by Crippen LogP contribution is -2.27. The zero-order valence-corrected chi connectivity index (χ0v) is 14.1. The van der Waals surface area contributed by atoms with Gasteiger partial charge in [0, 0.05) is 0 Å². The van der Waals surface area contributed by atoms with Gasteiger partial charge in [0.15, 0.2) is 0 Å². The molecule has 0 amide bonds. The maximum absolute atomic E-state index is 6.21. The Morgan fingerprint density at radius 3 is 2.50 bits per heavy atom. The highest BCUT2D eigenvalue weighted by Crippen LogP contribution is 2.31. The molecule has 1 heterocycles. The third-order valence-corrected chi connectivity index (χ3v) is 4.94. The largest absolute Gasteiger partial charge is 0.502 e. The summed E-state index contributed by atoms with van der Waals surface area (Å²) in [5.41, 5.74) is 0. The Balaban J connectivity index is 1.55. The highest BCUT2D eigenvalue weighted by atomic mass is 16.6. The Hall–Kier alpha value is -0.540. The normalized spacial score (nSPS) is 23.2. The molecule has 22 heavy (non-hydrogen) atoms. The predicted molar refractivity (Wildman–Crippen MR) is 89.9 cm³/mol. The summed E-state index contributed by atoms with van der Waals surface area (Å²) in [6.45, 7) is 6.11. The number of hydrogen-bond acceptors (Lipinski definition) is 3. The molecule has 1 saturated carbocycles. The minimum absolute atomic E-state index is 0.399. The van der Waals surface area contributed by atoms with Gasteiger partial charge in [-0.2, -0.15) is 0 Å². The molecule has 2 rings (SSSR count). The van der Waals surface area contributed by atoms with Crippen molar-refractivity contribution in [1.29, 1.82) is 0 Å². The molecule has 0 spiro atoms. The quantitative estimate of drug-likeness (QED) is 0.277. The van der Waals surface area contributed by atoms with Crippen LogP contribution in [0.3, 0.4) is 0 Å². The molecule has 2 fully saturated rings. The summed E-state index contributed by atoms with van der Waals surface area (Å²) in [7, 11) is 0. The van der Waals surface area contributed by atoms with Gasteiger partial charge in [-0.15, -0.1) is 0 Å². The fourth-order valence-electron chi connectivity index (χ4n) is 3.50. The van der Waals surface area contributed by atoms with Crippen molar-refractivity contribution in [2.75, 3.05) is 19.8 Å². The third kappa shape index (κ3) is 7.64. The van der Waals surface area contributed by atoms with E-state index in [1.165, 1.54) is 70.5 Å². The summed E-state index contributed by atoms with van der Waals surface area (Å²) < 4.78 is 16.7. The van der Waals surface area contributed by atoms with Gasteiger partial charge in [-0.1, -0.05) is 51.5 Å². The van der Waals surface area contributed by atoms with E-state index in [1.54, 1.807) is 0 Å². The summed E-state index contributed by atoms with van der Waals surface area (Å²) >= 11 is 0. The van der Waals surface area contributed by atoms with Crippen LogP contribution in [0.5, 0.6) is 0 Å². The molecule has 2 unspecified atom stereocenters. The van der Waals surface area contributed by atoms with E-state index in [0.29, 0.717) is 12.2 Å². The van der Waals surface area contributed by atoms with Crippen LogP contribution in [0.1, 0.15) is 70.6 Å². The van der Waals surface area contributed by atoms with Gasteiger partial charge in [0.05, 0.1) is 32.2 Å². The van der Waals surface area contributed by atoms with Crippen LogP contribution in [0.15, 0.2) is 12.8 Å². The highest BCUT2D eigenvalue weighted by Gasteiger charge is 2.28. The van der Waals surface area contributed by atoms with Crippen LogP contribution in [-0.2, 0) is 14.2 Å². The molecule has 3 heteroatoms. The summed E-state index contributed by atoms with van der Waals surface area (Å²) in [5.74, 6) is 0.800. The summed E-state index contributed by atoms with van der Waals surface area (Å²) in [6, 6.07) is 0. The predicted octanol–water partition coefficient (Wildman–Crippen LogP) is 4.85. The van der Waals surface area contributed by atoms with E-state index in [9.17, 15) is 0 Å². The Labute approximate surface area is 136 Å². The first kappa shape index (κ1) is 17.8. The Morgan fingerprint density at radius 2 is 1.77 bits per heavy atom. The molecule has 2 atom stereocenters. The summed E-state index contributed by atoms with van der Waals surface area (Å²) in [6.07, 6.45) is 16.9. The fourth-order valence-corrected chi connectivity index (χ4v) is 3.50. The molecule has 0 bridgehead atoms. The number of rotatable bonds is 13. The summed E-state index contributed by atoms with van der Waals surface area (Å²) in [5, 5.41) is 0. The van der Waals surface area contributed by atoms with Crippen LogP contribution in [0, 0.1) is 5.92 Å². The van der Waals surface area contributed by atoms with Gasteiger partial charge in [0.25, 0.3) is 0 Å². The smallest absolute Gasteiger partial charge is 0.104 e. The number of unbranched alkanes of at least 4 members (excludes halogenated alkanes) is 4. The zero-order chi connectivity index (χ0) is 15.5. The standard InChI is InChI=1S/C19H34O3/c1-2-20-14-10-5-3-4-9-13-19(22-16-18-15-21-18)17-11-7-6-8-12-17/h2,17-19H,1,3-16H2. The highest BCUT2D eigenvalue weighted by molar-refractivity contribution is 4.77. The molecule has 1 aliphatic carbocycles. The maximum Gasteiger partial charge on any atom is 0.104 e. The third-order valence-electron chi connectivity index (χ3n) is 4.94. The molecular formula is C19H34O3. The molecule has 0 aromatic rings. The lowest BCUT2D eigenvalue weighted by molar-refractivity contribution is -0.0127. The average Bonchev–Trinajstić information content (AvgIpc) is 3.38. The zero-order valence-electron chi connectivity index (χ0n) is 14.1. The van der Waals surface area contributed by atoms with Gasteiger partial charge in [-0.05, 0) is 31.6 Å². The van der Waals surface area contributed by atoms with E-state index < -0.39 is 0 Å². The summed E-state index contributed by atoms with van der Waals surface area (Å²) in [4.78, 5) is 0. The van der Waals surface area contributed by atoms with Crippen LogP contribution < -0.4 is 0 Å². The fraction of sp³-hybridized carbons (Fsp3) is 0.895. The van der Waals surface area contributed by atoms with Crippen LogP contribution in [0.2, 0.25) is 0 Å². The van der Waals surface area contributed by atoms with E-state index in [0.717, 1.165) is 32.2 Å². The molecule has 0 aromatic carbocycles. The SMILES string of the molecule is C=COCCCCCCCC(OCC1CO1)C1CCCCC1. The number of ether oxygens (including phenoxy) is 3. The lowest BCUT2D eigenvalue weighted by Gasteiger charge is -2.30. The van der Waals surface area contributed by atoms with Crippen molar-refractivity contribution in [3.8, 4) is 0 Å². The number of epoxide rings is 1. The Morgan fingerprint density at radius 1 is 1.05 bits per heavy atom. The van der Waals surface area contributed by atoms with E-state index in [-0.39, 0.29) is 0 Å². The van der Waals surface area contributed by atoms with Crippen LogP contribution in [0.4, 0.5) is 0 Å². The average molecular weight is 310 g/mol. The Kier molecular flexibility index (Phi) is 8.96. The van der Waals surface area contributed by atoms with Gasteiger partial charge in [0.2, 0.25) is 0 Å². The van der Waals surface area contributed by atoms with Crippen molar-refractivity contribution >= 4 is 0 Å². The minimum atomic E-state index is 0.399. The van der Waals surface area contributed by atoms with Gasteiger partial charge < -0.3 is 14.2 Å². The van der Waals surface area contributed by atoms with Crippen LogP contribution in [-0.4, -0.2) is 32.0 Å². The molecular weight excluding hydrogens is 276 g/mol. The second kappa shape index (κ2) is 11.1. The van der Waals surface area contributed by atoms with Crippen molar-refractivity contribution < 1.29 is 14.2 Å². The van der Waals surface area contributed by atoms with Gasteiger partial charge in [-0.25, -0.2) is 0 Å². The van der Waals surface area contributed by atoms with Crippen molar-refractivity contribution in [2.45, 2.75) is 82.8 Å². The second-order valence-corrected chi connectivity index (χ2v) is 6.82. The molecule has 0 radical (unpaired) electrons. The van der Waals surface area contributed by atoms with Gasteiger partial charge in [0.1, 0.15) is 6.10 Å². The van der Waals surface area contributed by atoms with Crippen molar-refractivity contribution in [2.24, 2.45) is 5.92 Å². The first-order chi connectivity index (χ1) is 10.9. The lowest BCUT2D eigenvalue weighted by atomic mass is 9.83. The molecule has 0 aromatic heterocycles. The van der Waals surface area contributed by atoms with Crippen molar-refractivity contribution in [3.05, 3.63) is 12.8 Å². The molecule has 1 aliphatic heterocycles. The van der Waals surface area contributed by atoms with Crippen molar-refractivity contribution in [1.82, 2.24) is 0 Å². The van der Waals surface area contributed by atoms with Crippen molar-refractivity contribution in [3.63, 3.8) is 0 Å². The van der Waals surface area contributed by atoms with Crippen LogP contribution >= 0.6 is 0 Å². The molecule has 2 aliphatic rings. The Bertz CT molecular complexity index is 282. The molecule has 3 nitrogen and oxygen atoms in total. The van der Waals surface area contributed by atoms with Gasteiger partial charge in [-0.3, -0.25) is 0 Å². The first-order valence-corrected chi connectivity index (χ1v) is 9.36. The topological polar surface area (TPSA) is 31.0 Å². The van der Waals surface area contributed by atoms with E-state index in [2.05, 4.69) is 6.58 Å². The molecule has 128 valence electrons. The van der Waals surface area contributed by atoms with E-state index in [1.807, 2.05) is 0 Å². The second-order valence-electron chi connectivity index (χ2n) is 6.82. The molecule has 0 N–H and O–H groups in total.